The molecule has 0 aliphatic rings. The Hall–Kier alpha value is -1.85. The van der Waals surface area contributed by atoms with Gasteiger partial charge in [0.1, 0.15) is 18.5 Å². The van der Waals surface area contributed by atoms with Crippen LogP contribution in [0.3, 0.4) is 0 Å². The van der Waals surface area contributed by atoms with Crippen molar-refractivity contribution >= 4 is 0 Å². The van der Waals surface area contributed by atoms with E-state index in [-0.39, 0.29) is 0 Å². The fourth-order valence-electron chi connectivity index (χ4n) is 1.97. The third-order valence-corrected chi connectivity index (χ3v) is 3.26. The maximum Gasteiger partial charge on any atom is 0.119 e. The van der Waals surface area contributed by atoms with Crippen LogP contribution in [0.5, 0.6) is 5.75 Å². The zero-order valence-corrected chi connectivity index (χ0v) is 12.4. The number of ether oxygens (including phenoxy) is 1. The summed E-state index contributed by atoms with van der Waals surface area (Å²) in [6.07, 6.45) is 5.96. The highest BCUT2D eigenvalue weighted by Gasteiger charge is 2.04. The summed E-state index contributed by atoms with van der Waals surface area (Å²) < 4.78 is 7.56. The molecule has 1 heterocycles. The van der Waals surface area contributed by atoms with E-state index >= 15 is 0 Å². The van der Waals surface area contributed by atoms with E-state index in [0.29, 0.717) is 13.2 Å². The van der Waals surface area contributed by atoms with Crippen LogP contribution in [0.4, 0.5) is 0 Å². The highest BCUT2D eigenvalue weighted by molar-refractivity contribution is 5.27. The van der Waals surface area contributed by atoms with Gasteiger partial charge < -0.3 is 19.7 Å². The minimum absolute atomic E-state index is 0.295. The van der Waals surface area contributed by atoms with Gasteiger partial charge in [-0.3, -0.25) is 0 Å². The molecule has 1 aromatic heterocycles. The van der Waals surface area contributed by atoms with Crippen molar-refractivity contribution in [3.8, 4) is 5.75 Å². The van der Waals surface area contributed by atoms with Crippen molar-refractivity contribution < 1.29 is 9.84 Å². The number of aryl methyl sites for hydroxylation is 1. The monoisotopic (exact) mass is 289 g/mol. The van der Waals surface area contributed by atoms with Gasteiger partial charge in [0.25, 0.3) is 0 Å². The molecule has 1 aromatic carbocycles. The third kappa shape index (κ3) is 5.57. The SMILES string of the molecule is CCc1ccc(OCC(O)CNCCn2ccnc2)cc1. The average Bonchev–Trinajstić information content (AvgIpc) is 3.03. The van der Waals surface area contributed by atoms with Crippen LogP contribution < -0.4 is 10.1 Å². The molecule has 0 aliphatic carbocycles. The predicted molar refractivity (Wildman–Crippen MR) is 82.4 cm³/mol. The van der Waals surface area contributed by atoms with Crippen molar-refractivity contribution in [1.29, 1.82) is 0 Å². The Balaban J connectivity index is 1.59. The first-order chi connectivity index (χ1) is 10.3. The number of aliphatic hydroxyl groups excluding tert-OH is 1. The van der Waals surface area contributed by atoms with E-state index in [0.717, 1.165) is 25.3 Å². The van der Waals surface area contributed by atoms with Crippen molar-refractivity contribution in [2.75, 3.05) is 19.7 Å². The van der Waals surface area contributed by atoms with Crippen molar-refractivity contribution in [2.45, 2.75) is 26.0 Å². The molecule has 0 amide bonds. The Morgan fingerprint density at radius 3 is 2.81 bits per heavy atom. The van der Waals surface area contributed by atoms with Crippen LogP contribution in [-0.4, -0.2) is 40.5 Å². The normalized spacial score (nSPS) is 12.3. The van der Waals surface area contributed by atoms with Gasteiger partial charge in [0.15, 0.2) is 0 Å². The van der Waals surface area contributed by atoms with E-state index in [1.54, 1.807) is 12.5 Å². The summed E-state index contributed by atoms with van der Waals surface area (Å²) >= 11 is 0. The van der Waals surface area contributed by atoms with Crippen LogP contribution >= 0.6 is 0 Å². The van der Waals surface area contributed by atoms with E-state index in [4.69, 9.17) is 4.74 Å². The lowest BCUT2D eigenvalue weighted by Gasteiger charge is -2.13. The number of nitrogens with one attached hydrogen (secondary N) is 1. The quantitative estimate of drug-likeness (QED) is 0.686. The molecule has 0 aliphatic heterocycles. The number of rotatable bonds is 9. The molecule has 2 rings (SSSR count). The number of imidazole rings is 1. The first kappa shape index (κ1) is 15.5. The van der Waals surface area contributed by atoms with Crippen LogP contribution in [0.15, 0.2) is 43.0 Å². The number of hydrogen-bond acceptors (Lipinski definition) is 4. The lowest BCUT2D eigenvalue weighted by molar-refractivity contribution is 0.106. The van der Waals surface area contributed by atoms with Gasteiger partial charge in [-0.15, -0.1) is 0 Å². The van der Waals surface area contributed by atoms with Crippen molar-refractivity contribution in [2.24, 2.45) is 0 Å². The molecule has 0 radical (unpaired) electrons. The number of aliphatic hydroxyl groups is 1. The van der Waals surface area contributed by atoms with E-state index in [1.165, 1.54) is 5.56 Å². The molecular formula is C16H23N3O2. The highest BCUT2D eigenvalue weighted by atomic mass is 16.5. The zero-order valence-electron chi connectivity index (χ0n) is 12.4. The molecule has 1 unspecified atom stereocenters. The maximum atomic E-state index is 9.86. The lowest BCUT2D eigenvalue weighted by Crippen LogP contribution is -2.33. The maximum absolute atomic E-state index is 9.86. The topological polar surface area (TPSA) is 59.3 Å². The summed E-state index contributed by atoms with van der Waals surface area (Å²) in [5.74, 6) is 0.796. The fourth-order valence-corrected chi connectivity index (χ4v) is 1.97. The second-order valence-electron chi connectivity index (χ2n) is 4.97. The molecule has 0 spiro atoms. The Morgan fingerprint density at radius 2 is 2.14 bits per heavy atom. The first-order valence-corrected chi connectivity index (χ1v) is 7.34. The Bertz CT molecular complexity index is 497. The second-order valence-corrected chi connectivity index (χ2v) is 4.97. The molecular weight excluding hydrogens is 266 g/mol. The zero-order chi connectivity index (χ0) is 14.9. The van der Waals surface area contributed by atoms with Crippen LogP contribution in [0.25, 0.3) is 0 Å². The molecule has 21 heavy (non-hydrogen) atoms. The van der Waals surface area contributed by atoms with Crippen LogP contribution in [0, 0.1) is 0 Å². The summed E-state index contributed by atoms with van der Waals surface area (Å²) in [5, 5.41) is 13.1. The van der Waals surface area contributed by atoms with Gasteiger partial charge in [0.2, 0.25) is 0 Å². The van der Waals surface area contributed by atoms with Crippen molar-refractivity contribution in [1.82, 2.24) is 14.9 Å². The molecule has 2 N–H and O–H groups in total. The standard InChI is InChI=1S/C16H23N3O2/c1-2-14-3-5-16(6-4-14)21-12-15(20)11-17-7-9-19-10-8-18-13-19/h3-6,8,10,13,15,17,20H,2,7,9,11-12H2,1H3. The molecule has 114 valence electrons. The van der Waals surface area contributed by atoms with Gasteiger partial charge in [0.05, 0.1) is 6.33 Å². The van der Waals surface area contributed by atoms with Gasteiger partial charge in [-0.2, -0.15) is 0 Å². The smallest absolute Gasteiger partial charge is 0.119 e. The summed E-state index contributed by atoms with van der Waals surface area (Å²) in [4.78, 5) is 3.98. The van der Waals surface area contributed by atoms with Gasteiger partial charge in [-0.1, -0.05) is 19.1 Å². The second kappa shape index (κ2) is 8.44. The minimum atomic E-state index is -0.515. The number of aromatic nitrogens is 2. The largest absolute Gasteiger partial charge is 0.491 e. The van der Waals surface area contributed by atoms with Gasteiger partial charge in [-0.25, -0.2) is 4.98 Å². The molecule has 1 atom stereocenters. The lowest BCUT2D eigenvalue weighted by atomic mass is 10.2. The average molecular weight is 289 g/mol. The molecule has 0 fully saturated rings. The van der Waals surface area contributed by atoms with Gasteiger partial charge >= 0.3 is 0 Å². The van der Waals surface area contributed by atoms with Crippen LogP contribution in [0.1, 0.15) is 12.5 Å². The highest BCUT2D eigenvalue weighted by Crippen LogP contribution is 2.12. The number of hydrogen-bond donors (Lipinski definition) is 2. The van der Waals surface area contributed by atoms with Crippen molar-refractivity contribution in [3.63, 3.8) is 0 Å². The van der Waals surface area contributed by atoms with E-state index < -0.39 is 6.10 Å². The summed E-state index contributed by atoms with van der Waals surface area (Å²) in [7, 11) is 0. The molecule has 5 heteroatoms. The predicted octanol–water partition coefficient (Wildman–Crippen LogP) is 1.47. The number of benzene rings is 1. The van der Waals surface area contributed by atoms with Crippen LogP contribution in [0.2, 0.25) is 0 Å². The van der Waals surface area contributed by atoms with Gasteiger partial charge in [-0.05, 0) is 24.1 Å². The van der Waals surface area contributed by atoms with Crippen molar-refractivity contribution in [3.05, 3.63) is 48.5 Å². The summed E-state index contributed by atoms with van der Waals surface area (Å²) in [6, 6.07) is 7.98. The minimum Gasteiger partial charge on any atom is -0.491 e. The molecule has 0 saturated carbocycles. The molecule has 5 nitrogen and oxygen atoms in total. The first-order valence-electron chi connectivity index (χ1n) is 7.34. The fraction of sp³-hybridized carbons (Fsp3) is 0.438. The summed E-state index contributed by atoms with van der Waals surface area (Å²) in [6.45, 7) is 4.56. The summed E-state index contributed by atoms with van der Waals surface area (Å²) in [5.41, 5.74) is 1.28. The third-order valence-electron chi connectivity index (χ3n) is 3.26. The number of nitrogens with zero attached hydrogens (tertiary/aromatic N) is 2. The Morgan fingerprint density at radius 1 is 1.33 bits per heavy atom. The Kier molecular flexibility index (Phi) is 6.24. The Labute approximate surface area is 125 Å². The molecule has 0 bridgehead atoms. The molecule has 2 aromatic rings. The van der Waals surface area contributed by atoms with Crippen LogP contribution in [-0.2, 0) is 13.0 Å². The van der Waals surface area contributed by atoms with E-state index in [1.807, 2.05) is 35.0 Å². The van der Waals surface area contributed by atoms with E-state index in [9.17, 15) is 5.11 Å². The van der Waals surface area contributed by atoms with E-state index in [2.05, 4.69) is 17.2 Å². The molecule has 0 saturated heterocycles. The van der Waals surface area contributed by atoms with Gasteiger partial charge in [0, 0.05) is 32.0 Å².